The number of aromatic amines is 1. The van der Waals surface area contributed by atoms with Crippen LogP contribution in [0.25, 0.3) is 10.9 Å². The topological polar surface area (TPSA) is 59.6 Å². The average molecular weight is 294 g/mol. The van der Waals surface area contributed by atoms with Crippen LogP contribution in [-0.2, 0) is 4.79 Å². The first-order valence-corrected chi connectivity index (χ1v) is 6.97. The first-order valence-electron chi connectivity index (χ1n) is 6.59. The summed E-state index contributed by atoms with van der Waals surface area (Å²) in [6.45, 7) is 2.31. The molecule has 1 aliphatic rings. The normalized spacial score (nSPS) is 15.9. The van der Waals surface area contributed by atoms with E-state index < -0.39 is 6.61 Å². The van der Waals surface area contributed by atoms with Crippen molar-refractivity contribution in [3.63, 3.8) is 0 Å². The fourth-order valence-electron chi connectivity index (χ4n) is 2.67. The standard InChI is InChI=1S/C14H16ClN3O2/c15-10-7-12-11(1-2-16-12)13(8-10)17-3-5-18(6-4-17)14(20)9-19/h1-2,7-8,16,19H,3-6,9H2. The summed E-state index contributed by atoms with van der Waals surface area (Å²) in [5.74, 6) is -0.206. The van der Waals surface area contributed by atoms with Crippen molar-refractivity contribution in [3.05, 3.63) is 29.4 Å². The molecule has 0 saturated carbocycles. The van der Waals surface area contributed by atoms with Crippen LogP contribution in [0.4, 0.5) is 5.69 Å². The van der Waals surface area contributed by atoms with E-state index in [1.165, 1.54) is 0 Å². The molecule has 0 aliphatic carbocycles. The maximum absolute atomic E-state index is 11.5. The number of carbonyl (C=O) groups excluding carboxylic acids is 1. The third-order valence-corrected chi connectivity index (χ3v) is 3.94. The number of fused-ring (bicyclic) bond motifs is 1. The van der Waals surface area contributed by atoms with Crippen LogP contribution in [0.3, 0.4) is 0 Å². The van der Waals surface area contributed by atoms with Gasteiger partial charge in [-0.25, -0.2) is 0 Å². The van der Waals surface area contributed by atoms with Crippen molar-refractivity contribution >= 4 is 34.1 Å². The quantitative estimate of drug-likeness (QED) is 0.881. The lowest BCUT2D eigenvalue weighted by Gasteiger charge is -2.36. The molecule has 2 heterocycles. The molecule has 0 spiro atoms. The number of aliphatic hydroxyl groups is 1. The van der Waals surface area contributed by atoms with Crippen LogP contribution >= 0.6 is 11.6 Å². The third kappa shape index (κ3) is 2.34. The van der Waals surface area contributed by atoms with Crippen LogP contribution in [0.1, 0.15) is 0 Å². The SMILES string of the molecule is O=C(CO)N1CCN(c2cc(Cl)cc3[nH]ccc23)CC1. The van der Waals surface area contributed by atoms with E-state index in [0.29, 0.717) is 18.1 Å². The summed E-state index contributed by atoms with van der Waals surface area (Å²) in [4.78, 5) is 18.5. The number of aromatic nitrogens is 1. The molecule has 20 heavy (non-hydrogen) atoms. The highest BCUT2D eigenvalue weighted by atomic mass is 35.5. The molecule has 6 heteroatoms. The van der Waals surface area contributed by atoms with E-state index in [9.17, 15) is 4.79 Å². The van der Waals surface area contributed by atoms with Crippen molar-refractivity contribution in [2.45, 2.75) is 0 Å². The number of piperazine rings is 1. The third-order valence-electron chi connectivity index (χ3n) is 3.72. The Labute approximate surface area is 121 Å². The van der Waals surface area contributed by atoms with Gasteiger partial charge in [-0.2, -0.15) is 0 Å². The second-order valence-electron chi connectivity index (χ2n) is 4.89. The highest BCUT2D eigenvalue weighted by Gasteiger charge is 2.22. The van der Waals surface area contributed by atoms with E-state index in [1.54, 1.807) is 4.90 Å². The number of rotatable bonds is 2. The van der Waals surface area contributed by atoms with Crippen LogP contribution in [0.5, 0.6) is 0 Å². The van der Waals surface area contributed by atoms with Crippen LogP contribution in [-0.4, -0.2) is 53.7 Å². The molecule has 0 bridgehead atoms. The monoisotopic (exact) mass is 293 g/mol. The average Bonchev–Trinajstić information content (AvgIpc) is 2.94. The molecule has 2 aromatic rings. The molecule has 1 aliphatic heterocycles. The molecular weight excluding hydrogens is 278 g/mol. The number of hydrogen-bond acceptors (Lipinski definition) is 3. The van der Waals surface area contributed by atoms with Crippen molar-refractivity contribution in [3.8, 4) is 0 Å². The number of anilines is 1. The van der Waals surface area contributed by atoms with Crippen LogP contribution < -0.4 is 4.90 Å². The van der Waals surface area contributed by atoms with Gasteiger partial charge in [-0.15, -0.1) is 0 Å². The van der Waals surface area contributed by atoms with Gasteiger partial charge in [-0.3, -0.25) is 4.79 Å². The van der Waals surface area contributed by atoms with Gasteiger partial charge in [0.25, 0.3) is 0 Å². The van der Waals surface area contributed by atoms with Crippen molar-refractivity contribution in [2.24, 2.45) is 0 Å². The summed E-state index contributed by atoms with van der Waals surface area (Å²) in [7, 11) is 0. The van der Waals surface area contributed by atoms with Gasteiger partial charge < -0.3 is 19.9 Å². The molecule has 1 fully saturated rings. The predicted molar refractivity (Wildman–Crippen MR) is 79.2 cm³/mol. The molecule has 106 valence electrons. The first-order chi connectivity index (χ1) is 9.69. The lowest BCUT2D eigenvalue weighted by molar-refractivity contribution is -0.134. The Kier molecular flexibility index (Phi) is 3.54. The zero-order valence-corrected chi connectivity index (χ0v) is 11.7. The van der Waals surface area contributed by atoms with E-state index in [4.69, 9.17) is 16.7 Å². The lowest BCUT2D eigenvalue weighted by Crippen LogP contribution is -2.49. The maximum atomic E-state index is 11.5. The fourth-order valence-corrected chi connectivity index (χ4v) is 2.88. The van der Waals surface area contributed by atoms with Crippen molar-refractivity contribution < 1.29 is 9.90 Å². The number of nitrogens with zero attached hydrogens (tertiary/aromatic N) is 2. The van der Waals surface area contributed by atoms with E-state index in [2.05, 4.69) is 9.88 Å². The second-order valence-corrected chi connectivity index (χ2v) is 5.33. The minimum absolute atomic E-state index is 0.206. The second kappa shape index (κ2) is 5.34. The molecule has 1 aromatic heterocycles. The summed E-state index contributed by atoms with van der Waals surface area (Å²) >= 11 is 6.16. The molecular formula is C14H16ClN3O2. The smallest absolute Gasteiger partial charge is 0.248 e. The zero-order chi connectivity index (χ0) is 14.1. The highest BCUT2D eigenvalue weighted by molar-refractivity contribution is 6.31. The van der Waals surface area contributed by atoms with E-state index in [1.807, 2.05) is 24.4 Å². The Morgan fingerprint density at radius 2 is 2.05 bits per heavy atom. The number of halogens is 1. The molecule has 1 amide bonds. The molecule has 1 aromatic carbocycles. The van der Waals surface area contributed by atoms with Gasteiger partial charge in [0.15, 0.2) is 0 Å². The number of H-pyrrole nitrogens is 1. The molecule has 0 atom stereocenters. The van der Waals surface area contributed by atoms with Crippen molar-refractivity contribution in [2.75, 3.05) is 37.7 Å². The van der Waals surface area contributed by atoms with E-state index in [-0.39, 0.29) is 5.91 Å². The van der Waals surface area contributed by atoms with Gasteiger partial charge >= 0.3 is 0 Å². The van der Waals surface area contributed by atoms with Crippen LogP contribution in [0, 0.1) is 0 Å². The van der Waals surface area contributed by atoms with Gasteiger partial charge in [-0.05, 0) is 18.2 Å². The van der Waals surface area contributed by atoms with Gasteiger partial charge in [0.05, 0.1) is 0 Å². The Balaban J connectivity index is 1.83. The molecule has 0 unspecified atom stereocenters. The van der Waals surface area contributed by atoms with Crippen molar-refractivity contribution in [1.82, 2.24) is 9.88 Å². The summed E-state index contributed by atoms with van der Waals surface area (Å²) in [5.41, 5.74) is 2.10. The Morgan fingerprint density at radius 3 is 2.75 bits per heavy atom. The first kappa shape index (κ1) is 13.3. The zero-order valence-electron chi connectivity index (χ0n) is 11.0. The minimum Gasteiger partial charge on any atom is -0.387 e. The molecule has 5 nitrogen and oxygen atoms in total. The number of amides is 1. The highest BCUT2D eigenvalue weighted by Crippen LogP contribution is 2.30. The number of aliphatic hydroxyl groups excluding tert-OH is 1. The summed E-state index contributed by atoms with van der Waals surface area (Å²) in [5, 5.41) is 10.7. The largest absolute Gasteiger partial charge is 0.387 e. The van der Waals surface area contributed by atoms with Gasteiger partial charge in [0, 0.05) is 54.0 Å². The summed E-state index contributed by atoms with van der Waals surface area (Å²) < 4.78 is 0. The number of nitrogens with one attached hydrogen (secondary N) is 1. The number of benzene rings is 1. The number of hydrogen-bond donors (Lipinski definition) is 2. The maximum Gasteiger partial charge on any atom is 0.248 e. The van der Waals surface area contributed by atoms with E-state index >= 15 is 0 Å². The Hall–Kier alpha value is -1.72. The summed E-state index contributed by atoms with van der Waals surface area (Å²) in [6, 6.07) is 5.90. The Bertz CT molecular complexity index is 632. The van der Waals surface area contributed by atoms with E-state index in [0.717, 1.165) is 29.7 Å². The molecule has 2 N–H and O–H groups in total. The molecule has 3 rings (SSSR count). The number of carbonyl (C=O) groups is 1. The summed E-state index contributed by atoms with van der Waals surface area (Å²) in [6.07, 6.45) is 1.90. The van der Waals surface area contributed by atoms with Crippen LogP contribution in [0.15, 0.2) is 24.4 Å². The van der Waals surface area contributed by atoms with Gasteiger partial charge in [0.1, 0.15) is 6.61 Å². The van der Waals surface area contributed by atoms with Crippen molar-refractivity contribution in [1.29, 1.82) is 0 Å². The van der Waals surface area contributed by atoms with Gasteiger partial charge in [0.2, 0.25) is 5.91 Å². The fraction of sp³-hybridized carbons (Fsp3) is 0.357. The molecule has 0 radical (unpaired) electrons. The Morgan fingerprint density at radius 1 is 1.30 bits per heavy atom. The predicted octanol–water partition coefficient (Wildman–Crippen LogP) is 1.46. The van der Waals surface area contributed by atoms with Gasteiger partial charge in [-0.1, -0.05) is 11.6 Å². The molecule has 1 saturated heterocycles. The lowest BCUT2D eigenvalue weighted by atomic mass is 10.1. The minimum atomic E-state index is -0.417. The van der Waals surface area contributed by atoms with Crippen LogP contribution in [0.2, 0.25) is 5.02 Å².